The van der Waals surface area contributed by atoms with E-state index in [1.54, 1.807) is 29.6 Å². The molecular formula is C13H13ClN2O4S2. The molecule has 1 amide bonds. The third-order valence-corrected chi connectivity index (χ3v) is 5.52. The van der Waals surface area contributed by atoms with Crippen molar-refractivity contribution >= 4 is 50.5 Å². The number of benzene rings is 1. The van der Waals surface area contributed by atoms with E-state index in [-0.39, 0.29) is 10.6 Å². The van der Waals surface area contributed by atoms with E-state index in [0.717, 1.165) is 11.3 Å². The van der Waals surface area contributed by atoms with Crippen LogP contribution < -0.4 is 9.21 Å². The van der Waals surface area contributed by atoms with Crippen molar-refractivity contribution in [2.24, 2.45) is 0 Å². The number of amides is 1. The molecule has 1 aromatic heterocycles. The lowest BCUT2D eigenvalue weighted by molar-refractivity contribution is 0.103. The molecule has 0 radical (unpaired) electrons. The molecule has 1 heterocycles. The lowest BCUT2D eigenvalue weighted by Crippen LogP contribution is -2.46. The maximum atomic E-state index is 12.3. The fourth-order valence-corrected chi connectivity index (χ4v) is 3.32. The van der Waals surface area contributed by atoms with Crippen LogP contribution in [0.1, 0.15) is 9.67 Å². The lowest BCUT2D eigenvalue weighted by Gasteiger charge is -2.30. The van der Waals surface area contributed by atoms with Crippen LogP contribution in [0.25, 0.3) is 0 Å². The van der Waals surface area contributed by atoms with Gasteiger partial charge in [-0.2, -0.15) is 12.3 Å². The van der Waals surface area contributed by atoms with Crippen molar-refractivity contribution < 1.29 is 17.8 Å². The normalized spacial score (nSPS) is 12.2. The summed E-state index contributed by atoms with van der Waals surface area (Å²) in [5.41, 5.74) is 0.603. The third-order valence-electron chi connectivity index (χ3n) is 3.07. The van der Waals surface area contributed by atoms with Gasteiger partial charge in [-0.3, -0.25) is 4.79 Å². The minimum atomic E-state index is -4.67. The zero-order valence-corrected chi connectivity index (χ0v) is 14.1. The summed E-state index contributed by atoms with van der Waals surface area (Å²) in [7, 11) is -2.22. The van der Waals surface area contributed by atoms with Gasteiger partial charge in [0.2, 0.25) is 0 Å². The van der Waals surface area contributed by atoms with Crippen molar-refractivity contribution in [1.82, 2.24) is 3.89 Å². The van der Waals surface area contributed by atoms with Crippen molar-refractivity contribution in [3.63, 3.8) is 0 Å². The number of carbonyl (C=O) groups is 1. The molecule has 2 rings (SSSR count). The highest BCUT2D eigenvalue weighted by atomic mass is 35.5. The summed E-state index contributed by atoms with van der Waals surface area (Å²) >= 11 is 6.90. The van der Waals surface area contributed by atoms with E-state index in [2.05, 4.69) is 5.32 Å². The first kappa shape index (κ1) is 16.9. The van der Waals surface area contributed by atoms with Gasteiger partial charge in [0.05, 0.1) is 14.1 Å². The molecule has 0 saturated heterocycles. The molecule has 1 N–H and O–H groups in total. The molecule has 0 fully saturated rings. The van der Waals surface area contributed by atoms with Crippen molar-refractivity contribution in [2.75, 3.05) is 19.4 Å². The summed E-state index contributed by atoms with van der Waals surface area (Å²) in [5.74, 6) is -0.498. The Morgan fingerprint density at radius 1 is 1.32 bits per heavy atom. The summed E-state index contributed by atoms with van der Waals surface area (Å²) in [6, 6.07) is 8.01. The van der Waals surface area contributed by atoms with Crippen LogP contribution in [0.3, 0.4) is 0 Å². The fourth-order valence-electron chi connectivity index (χ4n) is 1.77. The van der Waals surface area contributed by atoms with E-state index in [9.17, 15) is 17.8 Å². The van der Waals surface area contributed by atoms with Crippen LogP contribution in [0.4, 0.5) is 11.4 Å². The molecule has 0 bridgehead atoms. The van der Waals surface area contributed by atoms with E-state index in [0.29, 0.717) is 10.7 Å². The Labute approximate surface area is 137 Å². The number of rotatable bonds is 4. The number of hydrogen-bond donors (Lipinski definition) is 1. The van der Waals surface area contributed by atoms with Crippen LogP contribution in [-0.2, 0) is 10.3 Å². The van der Waals surface area contributed by atoms with Crippen molar-refractivity contribution in [2.45, 2.75) is 0 Å². The van der Waals surface area contributed by atoms with Crippen molar-refractivity contribution in [1.29, 1.82) is 0 Å². The van der Waals surface area contributed by atoms with E-state index >= 15 is 0 Å². The van der Waals surface area contributed by atoms with Crippen LogP contribution >= 0.6 is 22.9 Å². The molecular weight excluding hydrogens is 348 g/mol. The van der Waals surface area contributed by atoms with Gasteiger partial charge in [-0.25, -0.2) is 0 Å². The maximum Gasteiger partial charge on any atom is 0.271 e. The number of nitrogens with zero attached hydrogens (tertiary/aromatic N) is 1. The molecule has 0 aliphatic rings. The Hall–Kier alpha value is -1.45. The molecule has 118 valence electrons. The number of hydrogen-bond acceptors (Lipinski definition) is 5. The van der Waals surface area contributed by atoms with Gasteiger partial charge in [0.15, 0.2) is 10.6 Å². The highest BCUT2D eigenvalue weighted by molar-refractivity contribution is 7.85. The number of halogens is 1. The number of nitrogens with one attached hydrogen (secondary N) is 1. The van der Waals surface area contributed by atoms with Crippen LogP contribution in [0.2, 0.25) is 5.02 Å². The molecule has 6 nitrogen and oxygen atoms in total. The molecule has 0 aliphatic heterocycles. The highest BCUT2D eigenvalue weighted by Crippen LogP contribution is 2.32. The van der Waals surface area contributed by atoms with Crippen LogP contribution in [0.15, 0.2) is 35.7 Å². The summed E-state index contributed by atoms with van der Waals surface area (Å²) in [6.07, 6.45) is 0. The SMILES string of the molecule is C[N+](C)(c1ccsc1C(=O)Nc1cccc(Cl)c1)S(=O)(=O)[O-]. The zero-order chi connectivity index (χ0) is 16.5. The van der Waals surface area contributed by atoms with Gasteiger partial charge in [-0.05, 0) is 23.6 Å². The first-order valence-electron chi connectivity index (χ1n) is 6.08. The standard InChI is InChI=1S/C13H13ClN2O4S2/c1-16(2,22(18,19)20)11-6-7-21-12(11)13(17)15-10-5-3-4-9(14)8-10/h3-8H,1-2H3,(H-,15,17,18,19,20). The monoisotopic (exact) mass is 360 g/mol. The summed E-state index contributed by atoms with van der Waals surface area (Å²) in [6.45, 7) is 0. The minimum Gasteiger partial charge on any atom is -0.701 e. The van der Waals surface area contributed by atoms with E-state index in [1.165, 1.54) is 20.2 Å². The van der Waals surface area contributed by atoms with Crippen molar-refractivity contribution in [3.8, 4) is 0 Å². The molecule has 0 atom stereocenters. The largest absolute Gasteiger partial charge is 0.701 e. The molecule has 0 aliphatic carbocycles. The Bertz CT molecular complexity index is 815. The maximum absolute atomic E-state index is 12.3. The summed E-state index contributed by atoms with van der Waals surface area (Å²) in [4.78, 5) is 12.5. The van der Waals surface area contributed by atoms with Crippen molar-refractivity contribution in [3.05, 3.63) is 45.6 Å². The van der Waals surface area contributed by atoms with Crippen LogP contribution in [0, 0.1) is 0 Å². The summed E-state index contributed by atoms with van der Waals surface area (Å²) in [5, 5.41) is 4.65. The van der Waals surface area contributed by atoms with Gasteiger partial charge in [0.25, 0.3) is 16.2 Å². The zero-order valence-electron chi connectivity index (χ0n) is 11.7. The molecule has 9 heteroatoms. The predicted octanol–water partition coefficient (Wildman–Crippen LogP) is 2.68. The Morgan fingerprint density at radius 2 is 2.00 bits per heavy atom. The van der Waals surface area contributed by atoms with E-state index in [1.807, 2.05) is 0 Å². The summed E-state index contributed by atoms with van der Waals surface area (Å²) < 4.78 is 33.3. The van der Waals surface area contributed by atoms with Gasteiger partial charge in [-0.1, -0.05) is 17.7 Å². The quantitative estimate of drug-likeness (QED) is 0.670. The van der Waals surface area contributed by atoms with Gasteiger partial charge in [0.1, 0.15) is 0 Å². The topological polar surface area (TPSA) is 86.3 Å². The lowest BCUT2D eigenvalue weighted by atomic mass is 10.3. The first-order chi connectivity index (χ1) is 10.1. The Morgan fingerprint density at radius 3 is 2.59 bits per heavy atom. The van der Waals surface area contributed by atoms with Crippen LogP contribution in [-0.4, -0.2) is 33.0 Å². The Balaban J connectivity index is 2.35. The number of thiophene rings is 1. The predicted molar refractivity (Wildman–Crippen MR) is 87.1 cm³/mol. The second kappa shape index (κ2) is 5.98. The highest BCUT2D eigenvalue weighted by Gasteiger charge is 2.33. The van der Waals surface area contributed by atoms with Gasteiger partial charge < -0.3 is 9.87 Å². The number of carbonyl (C=O) groups excluding carboxylic acids is 1. The molecule has 2 aromatic rings. The fraction of sp³-hybridized carbons (Fsp3) is 0.154. The molecule has 0 unspecified atom stereocenters. The van der Waals surface area contributed by atoms with E-state index < -0.39 is 20.1 Å². The second-order valence-electron chi connectivity index (χ2n) is 4.88. The average molecular weight is 361 g/mol. The van der Waals surface area contributed by atoms with E-state index in [4.69, 9.17) is 11.6 Å². The smallest absolute Gasteiger partial charge is 0.271 e. The third kappa shape index (κ3) is 3.31. The van der Waals surface area contributed by atoms with Gasteiger partial charge in [-0.15, -0.1) is 11.3 Å². The minimum absolute atomic E-state index is 0.125. The molecule has 1 aromatic carbocycles. The molecule has 0 spiro atoms. The number of quaternary nitrogens is 1. The van der Waals surface area contributed by atoms with Gasteiger partial charge in [0, 0.05) is 16.8 Å². The second-order valence-corrected chi connectivity index (χ2v) is 8.00. The average Bonchev–Trinajstić information content (AvgIpc) is 2.87. The number of anilines is 1. The first-order valence-corrected chi connectivity index (χ1v) is 8.70. The van der Waals surface area contributed by atoms with Crippen LogP contribution in [0.5, 0.6) is 0 Å². The molecule has 22 heavy (non-hydrogen) atoms. The molecule has 0 saturated carbocycles. The van der Waals surface area contributed by atoms with Gasteiger partial charge >= 0.3 is 0 Å². The Kier molecular flexibility index (Phi) is 4.59.